The number of phenols is 3. The molecular formula is C21H16O4. The van der Waals surface area contributed by atoms with E-state index in [0.717, 1.165) is 22.1 Å². The van der Waals surface area contributed by atoms with Gasteiger partial charge in [-0.3, -0.25) is 0 Å². The number of hydrogen-bond donors (Lipinski definition) is 3. The van der Waals surface area contributed by atoms with Gasteiger partial charge in [-0.15, -0.1) is 0 Å². The summed E-state index contributed by atoms with van der Waals surface area (Å²) >= 11 is 0. The normalized spacial score (nSPS) is 11.1. The van der Waals surface area contributed by atoms with Crippen molar-refractivity contribution in [2.24, 2.45) is 0 Å². The van der Waals surface area contributed by atoms with Crippen LogP contribution in [0, 0.1) is 6.92 Å². The molecule has 4 heteroatoms. The predicted molar refractivity (Wildman–Crippen MR) is 96.8 cm³/mol. The summed E-state index contributed by atoms with van der Waals surface area (Å²) in [5.74, 6) is 0.660. The summed E-state index contributed by atoms with van der Waals surface area (Å²) in [4.78, 5) is 0. The second-order valence-corrected chi connectivity index (χ2v) is 6.05. The highest BCUT2D eigenvalue weighted by Gasteiger charge is 2.20. The largest absolute Gasteiger partial charge is 0.508 e. The van der Waals surface area contributed by atoms with E-state index in [1.807, 2.05) is 31.2 Å². The Hall–Kier alpha value is -3.40. The highest BCUT2D eigenvalue weighted by atomic mass is 16.3. The maximum atomic E-state index is 10.3. The van der Waals surface area contributed by atoms with Crippen LogP contribution in [0.15, 0.2) is 65.1 Å². The molecule has 0 atom stereocenters. The second kappa shape index (κ2) is 5.60. The van der Waals surface area contributed by atoms with Crippen LogP contribution >= 0.6 is 0 Å². The molecule has 0 amide bonds. The van der Waals surface area contributed by atoms with E-state index in [4.69, 9.17) is 4.42 Å². The van der Waals surface area contributed by atoms with Crippen molar-refractivity contribution in [3.8, 4) is 39.7 Å². The van der Waals surface area contributed by atoms with Crippen LogP contribution in [0.1, 0.15) is 5.56 Å². The molecule has 0 saturated carbocycles. The van der Waals surface area contributed by atoms with E-state index in [-0.39, 0.29) is 17.2 Å². The van der Waals surface area contributed by atoms with Crippen molar-refractivity contribution in [3.63, 3.8) is 0 Å². The van der Waals surface area contributed by atoms with Gasteiger partial charge in [-0.2, -0.15) is 0 Å². The molecule has 0 aliphatic heterocycles. The fraction of sp³-hybridized carbons (Fsp3) is 0.0476. The van der Waals surface area contributed by atoms with Crippen molar-refractivity contribution in [1.29, 1.82) is 0 Å². The minimum absolute atomic E-state index is 0.0106. The molecule has 0 radical (unpaired) electrons. The first kappa shape index (κ1) is 15.1. The SMILES string of the molecule is Cc1ccc(-c2oc3cc(O)ccc3c2-c2ccc(O)cc2O)cc1. The summed E-state index contributed by atoms with van der Waals surface area (Å²) in [6.45, 7) is 2.01. The van der Waals surface area contributed by atoms with Crippen molar-refractivity contribution in [1.82, 2.24) is 0 Å². The third-order valence-corrected chi connectivity index (χ3v) is 4.24. The Labute approximate surface area is 144 Å². The Morgan fingerprint density at radius 2 is 1.44 bits per heavy atom. The van der Waals surface area contributed by atoms with Gasteiger partial charge < -0.3 is 19.7 Å². The van der Waals surface area contributed by atoms with Crippen LogP contribution in [0.4, 0.5) is 0 Å². The van der Waals surface area contributed by atoms with Gasteiger partial charge in [-0.05, 0) is 31.2 Å². The Bertz CT molecular complexity index is 1080. The maximum Gasteiger partial charge on any atom is 0.143 e. The zero-order valence-corrected chi connectivity index (χ0v) is 13.5. The van der Waals surface area contributed by atoms with E-state index in [9.17, 15) is 15.3 Å². The number of furan rings is 1. The van der Waals surface area contributed by atoms with Gasteiger partial charge in [0.05, 0.1) is 0 Å². The van der Waals surface area contributed by atoms with Gasteiger partial charge in [0.2, 0.25) is 0 Å². The first-order chi connectivity index (χ1) is 12.0. The van der Waals surface area contributed by atoms with Crippen molar-refractivity contribution < 1.29 is 19.7 Å². The summed E-state index contributed by atoms with van der Waals surface area (Å²) in [5.41, 5.74) is 3.79. The minimum atomic E-state index is -0.0378. The molecule has 4 nitrogen and oxygen atoms in total. The molecule has 25 heavy (non-hydrogen) atoms. The molecule has 4 aromatic rings. The number of aryl methyl sites for hydroxylation is 1. The summed E-state index contributed by atoms with van der Waals surface area (Å²) < 4.78 is 6.01. The molecule has 0 saturated heterocycles. The van der Waals surface area contributed by atoms with Gasteiger partial charge in [-0.1, -0.05) is 29.8 Å². The van der Waals surface area contributed by atoms with Crippen molar-refractivity contribution in [2.75, 3.05) is 0 Å². The highest BCUT2D eigenvalue weighted by Crippen LogP contribution is 2.45. The van der Waals surface area contributed by atoms with Gasteiger partial charge in [0.1, 0.15) is 28.6 Å². The average molecular weight is 332 g/mol. The van der Waals surface area contributed by atoms with Gasteiger partial charge in [0.15, 0.2) is 0 Å². The quantitative estimate of drug-likeness (QED) is 0.472. The van der Waals surface area contributed by atoms with Gasteiger partial charge >= 0.3 is 0 Å². The standard InChI is InChI=1S/C21H16O4/c1-12-2-4-13(5-3-12)21-20(16-8-6-14(22)10-18(16)24)17-9-7-15(23)11-19(17)25-21/h2-11,22-24H,1H3. The highest BCUT2D eigenvalue weighted by molar-refractivity contribution is 6.03. The molecule has 0 fully saturated rings. The summed E-state index contributed by atoms with van der Waals surface area (Å²) in [5, 5.41) is 30.5. The number of rotatable bonds is 2. The van der Waals surface area contributed by atoms with Crippen molar-refractivity contribution >= 4 is 11.0 Å². The van der Waals surface area contributed by atoms with Crippen LogP contribution in [0.2, 0.25) is 0 Å². The minimum Gasteiger partial charge on any atom is -0.508 e. The smallest absolute Gasteiger partial charge is 0.143 e. The number of benzene rings is 3. The monoisotopic (exact) mass is 332 g/mol. The molecule has 1 aromatic heterocycles. The van der Waals surface area contributed by atoms with Crippen molar-refractivity contribution in [2.45, 2.75) is 6.92 Å². The van der Waals surface area contributed by atoms with E-state index in [2.05, 4.69) is 0 Å². The molecule has 3 N–H and O–H groups in total. The summed E-state index contributed by atoms with van der Waals surface area (Å²) in [6.07, 6.45) is 0. The number of aromatic hydroxyl groups is 3. The fourth-order valence-corrected chi connectivity index (χ4v) is 2.99. The lowest BCUT2D eigenvalue weighted by atomic mass is 9.97. The first-order valence-corrected chi connectivity index (χ1v) is 7.88. The number of hydrogen-bond acceptors (Lipinski definition) is 4. The van der Waals surface area contributed by atoms with E-state index in [0.29, 0.717) is 16.9 Å². The van der Waals surface area contributed by atoms with Gasteiger partial charge in [0, 0.05) is 34.2 Å². The number of phenolic OH excluding ortho intramolecular Hbond substituents is 3. The van der Waals surface area contributed by atoms with Crippen LogP contribution in [0.3, 0.4) is 0 Å². The molecule has 4 rings (SSSR count). The zero-order chi connectivity index (χ0) is 17.6. The molecule has 0 aliphatic carbocycles. The lowest BCUT2D eigenvalue weighted by Crippen LogP contribution is -1.83. The van der Waals surface area contributed by atoms with Crippen LogP contribution in [0.5, 0.6) is 17.2 Å². The Balaban J connectivity index is 2.06. The van der Waals surface area contributed by atoms with Crippen LogP contribution in [-0.2, 0) is 0 Å². The molecule has 0 aliphatic rings. The van der Waals surface area contributed by atoms with Gasteiger partial charge in [-0.25, -0.2) is 0 Å². The lowest BCUT2D eigenvalue weighted by molar-refractivity contribution is 0.452. The summed E-state index contributed by atoms with van der Waals surface area (Å²) in [7, 11) is 0. The molecule has 3 aromatic carbocycles. The van der Waals surface area contributed by atoms with Crippen LogP contribution < -0.4 is 0 Å². The molecule has 0 unspecified atom stereocenters. The molecule has 0 spiro atoms. The predicted octanol–water partition coefficient (Wildman–Crippen LogP) is 5.19. The van der Waals surface area contributed by atoms with E-state index >= 15 is 0 Å². The Morgan fingerprint density at radius 3 is 2.16 bits per heavy atom. The zero-order valence-electron chi connectivity index (χ0n) is 13.5. The summed E-state index contributed by atoms with van der Waals surface area (Å²) in [6, 6.07) is 17.2. The Kier molecular flexibility index (Phi) is 3.39. The van der Waals surface area contributed by atoms with Crippen LogP contribution in [0.25, 0.3) is 33.4 Å². The molecule has 1 heterocycles. The van der Waals surface area contributed by atoms with Gasteiger partial charge in [0.25, 0.3) is 0 Å². The fourth-order valence-electron chi connectivity index (χ4n) is 2.99. The van der Waals surface area contributed by atoms with E-state index < -0.39 is 0 Å². The topological polar surface area (TPSA) is 73.8 Å². The third-order valence-electron chi connectivity index (χ3n) is 4.24. The molecule has 124 valence electrons. The maximum absolute atomic E-state index is 10.3. The number of fused-ring (bicyclic) bond motifs is 1. The molecule has 0 bridgehead atoms. The molecular weight excluding hydrogens is 316 g/mol. The average Bonchev–Trinajstić information content (AvgIpc) is 2.94. The third kappa shape index (κ3) is 2.58. The van der Waals surface area contributed by atoms with E-state index in [1.165, 1.54) is 12.1 Å². The lowest BCUT2D eigenvalue weighted by Gasteiger charge is -2.07. The second-order valence-electron chi connectivity index (χ2n) is 6.05. The first-order valence-electron chi connectivity index (χ1n) is 7.88. The van der Waals surface area contributed by atoms with Crippen molar-refractivity contribution in [3.05, 3.63) is 66.2 Å². The Morgan fingerprint density at radius 1 is 0.760 bits per heavy atom. The van der Waals surface area contributed by atoms with E-state index in [1.54, 1.807) is 24.3 Å². The van der Waals surface area contributed by atoms with Crippen LogP contribution in [-0.4, -0.2) is 15.3 Å².